The van der Waals surface area contributed by atoms with Crippen LogP contribution in [0.5, 0.6) is 5.75 Å². The summed E-state index contributed by atoms with van der Waals surface area (Å²) in [6, 6.07) is 4.56. The molecule has 6 nitrogen and oxygen atoms in total. The molecule has 0 aliphatic carbocycles. The van der Waals surface area contributed by atoms with E-state index >= 15 is 0 Å². The van der Waals surface area contributed by atoms with Gasteiger partial charge in [0.2, 0.25) is 5.88 Å². The van der Waals surface area contributed by atoms with Crippen molar-refractivity contribution in [2.75, 3.05) is 11.1 Å². The molecule has 0 unspecified atom stereocenters. The molecule has 0 bridgehead atoms. The van der Waals surface area contributed by atoms with Gasteiger partial charge in [-0.1, -0.05) is 22.9 Å². The van der Waals surface area contributed by atoms with E-state index < -0.39 is 5.91 Å². The molecule has 0 saturated carbocycles. The highest BCUT2D eigenvalue weighted by Gasteiger charge is 2.17. The molecule has 100 valence electrons. The molecule has 2 aromatic rings. The molecule has 7 heteroatoms. The Labute approximate surface area is 117 Å². The largest absolute Gasteiger partial charge is 0.507 e. The Bertz CT molecular complexity index is 625. The van der Waals surface area contributed by atoms with Crippen LogP contribution in [0.3, 0.4) is 0 Å². The van der Waals surface area contributed by atoms with Gasteiger partial charge in [0.1, 0.15) is 11.4 Å². The minimum Gasteiger partial charge on any atom is -0.507 e. The molecule has 1 amide bonds. The van der Waals surface area contributed by atoms with E-state index in [1.807, 2.05) is 6.92 Å². The molecule has 19 heavy (non-hydrogen) atoms. The van der Waals surface area contributed by atoms with E-state index in [9.17, 15) is 9.90 Å². The molecule has 1 heterocycles. The molecule has 0 saturated heterocycles. The van der Waals surface area contributed by atoms with Gasteiger partial charge in [-0.15, -0.1) is 0 Å². The SMILES string of the molecule is CCc1nc(N)oc1NC(=O)c1cc(Br)ccc1O. The fourth-order valence-electron chi connectivity index (χ4n) is 1.57. The number of carbonyl (C=O) groups is 1. The van der Waals surface area contributed by atoms with Crippen LogP contribution in [0.2, 0.25) is 0 Å². The van der Waals surface area contributed by atoms with Crippen LogP contribution >= 0.6 is 15.9 Å². The van der Waals surface area contributed by atoms with Gasteiger partial charge >= 0.3 is 0 Å². The van der Waals surface area contributed by atoms with Crippen LogP contribution in [0.25, 0.3) is 0 Å². The van der Waals surface area contributed by atoms with E-state index in [0.717, 1.165) is 0 Å². The number of carbonyl (C=O) groups excluding carboxylic acids is 1. The van der Waals surface area contributed by atoms with Gasteiger partial charge in [-0.3, -0.25) is 10.1 Å². The average Bonchev–Trinajstić information content (AvgIpc) is 2.72. The number of anilines is 2. The molecule has 0 fully saturated rings. The highest BCUT2D eigenvalue weighted by atomic mass is 79.9. The molecule has 4 N–H and O–H groups in total. The van der Waals surface area contributed by atoms with Crippen molar-refractivity contribution >= 4 is 33.7 Å². The second kappa shape index (κ2) is 5.31. The standard InChI is InChI=1S/C12H12BrN3O3/c1-2-8-11(19-12(14)15-8)16-10(18)7-5-6(13)3-4-9(7)17/h3-5,17H,2H2,1H3,(H2,14,15)(H,16,18). The summed E-state index contributed by atoms with van der Waals surface area (Å²) in [6.07, 6.45) is 0.570. The number of aromatic hydroxyl groups is 1. The molecule has 1 aromatic carbocycles. The number of phenolic OH excluding ortho intramolecular Hbond substituents is 1. The Morgan fingerprint density at radius 1 is 1.58 bits per heavy atom. The van der Waals surface area contributed by atoms with Gasteiger partial charge in [0.05, 0.1) is 5.56 Å². The minimum atomic E-state index is -0.496. The van der Waals surface area contributed by atoms with Crippen molar-refractivity contribution in [2.24, 2.45) is 0 Å². The number of hydrogen-bond acceptors (Lipinski definition) is 5. The molecule has 0 atom stereocenters. The highest BCUT2D eigenvalue weighted by molar-refractivity contribution is 9.10. The lowest BCUT2D eigenvalue weighted by molar-refractivity contribution is 0.102. The summed E-state index contributed by atoms with van der Waals surface area (Å²) in [4.78, 5) is 16.0. The van der Waals surface area contributed by atoms with Crippen LogP contribution in [-0.2, 0) is 6.42 Å². The molecule has 0 spiro atoms. The van der Waals surface area contributed by atoms with Crippen molar-refractivity contribution in [3.63, 3.8) is 0 Å². The Morgan fingerprint density at radius 3 is 3.00 bits per heavy atom. The zero-order valence-electron chi connectivity index (χ0n) is 10.1. The normalized spacial score (nSPS) is 10.4. The number of nitrogen functional groups attached to an aromatic ring is 1. The lowest BCUT2D eigenvalue weighted by Gasteiger charge is -2.05. The monoisotopic (exact) mass is 325 g/mol. The number of oxazole rings is 1. The third-order valence-electron chi connectivity index (χ3n) is 2.48. The number of phenols is 1. The van der Waals surface area contributed by atoms with E-state index in [1.165, 1.54) is 12.1 Å². The van der Waals surface area contributed by atoms with Gasteiger partial charge < -0.3 is 15.3 Å². The van der Waals surface area contributed by atoms with E-state index in [4.69, 9.17) is 10.2 Å². The van der Waals surface area contributed by atoms with Crippen molar-refractivity contribution < 1.29 is 14.3 Å². The van der Waals surface area contributed by atoms with Gasteiger partial charge in [-0.05, 0) is 24.6 Å². The number of aromatic nitrogens is 1. The summed E-state index contributed by atoms with van der Waals surface area (Å²) in [6.45, 7) is 1.86. The first-order chi connectivity index (χ1) is 9.01. The van der Waals surface area contributed by atoms with Gasteiger partial charge in [-0.25, -0.2) is 0 Å². The first-order valence-electron chi connectivity index (χ1n) is 5.56. The summed E-state index contributed by atoms with van der Waals surface area (Å²) in [7, 11) is 0. The van der Waals surface area contributed by atoms with Crippen molar-refractivity contribution in [1.29, 1.82) is 0 Å². The zero-order valence-corrected chi connectivity index (χ0v) is 11.7. The fourth-order valence-corrected chi connectivity index (χ4v) is 1.93. The zero-order chi connectivity index (χ0) is 14.0. The molecule has 0 radical (unpaired) electrons. The number of nitrogens with one attached hydrogen (secondary N) is 1. The Morgan fingerprint density at radius 2 is 2.32 bits per heavy atom. The predicted octanol–water partition coefficient (Wildman–Crippen LogP) is 2.54. The summed E-state index contributed by atoms with van der Waals surface area (Å²) in [5.74, 6) is -0.416. The quantitative estimate of drug-likeness (QED) is 0.804. The summed E-state index contributed by atoms with van der Waals surface area (Å²) in [5, 5.41) is 12.2. The molecular weight excluding hydrogens is 314 g/mol. The lowest BCUT2D eigenvalue weighted by atomic mass is 10.2. The molecular formula is C12H12BrN3O3. The molecule has 1 aromatic heterocycles. The van der Waals surface area contributed by atoms with E-state index in [2.05, 4.69) is 26.2 Å². The first kappa shape index (κ1) is 13.4. The number of rotatable bonds is 3. The lowest BCUT2D eigenvalue weighted by Crippen LogP contribution is -2.12. The number of nitrogens with two attached hydrogens (primary N) is 1. The van der Waals surface area contributed by atoms with Crippen LogP contribution in [-0.4, -0.2) is 16.0 Å². The van der Waals surface area contributed by atoms with Crippen molar-refractivity contribution in [3.05, 3.63) is 33.9 Å². The second-order valence-electron chi connectivity index (χ2n) is 3.80. The van der Waals surface area contributed by atoms with Crippen molar-refractivity contribution in [1.82, 2.24) is 4.98 Å². The third kappa shape index (κ3) is 2.87. The van der Waals surface area contributed by atoms with E-state index in [1.54, 1.807) is 6.07 Å². The van der Waals surface area contributed by atoms with Crippen molar-refractivity contribution in [3.8, 4) is 5.75 Å². The number of benzene rings is 1. The van der Waals surface area contributed by atoms with Gasteiger partial charge in [0, 0.05) is 4.47 Å². The summed E-state index contributed by atoms with van der Waals surface area (Å²) in [5.41, 5.74) is 6.12. The average molecular weight is 326 g/mol. The maximum atomic E-state index is 12.0. The van der Waals surface area contributed by atoms with E-state index in [-0.39, 0.29) is 23.2 Å². The third-order valence-corrected chi connectivity index (χ3v) is 2.97. The number of halogens is 1. The summed E-state index contributed by atoms with van der Waals surface area (Å²) >= 11 is 3.24. The maximum Gasteiger partial charge on any atom is 0.293 e. The smallest absolute Gasteiger partial charge is 0.293 e. The molecule has 0 aliphatic heterocycles. The van der Waals surface area contributed by atoms with Gasteiger partial charge in [-0.2, -0.15) is 4.98 Å². The number of amides is 1. The van der Waals surface area contributed by atoms with Crippen LogP contribution in [0, 0.1) is 0 Å². The summed E-state index contributed by atoms with van der Waals surface area (Å²) < 4.78 is 5.79. The fraction of sp³-hybridized carbons (Fsp3) is 0.167. The maximum absolute atomic E-state index is 12.0. The first-order valence-corrected chi connectivity index (χ1v) is 6.35. The van der Waals surface area contributed by atoms with Crippen LogP contribution in [0.15, 0.2) is 27.1 Å². The van der Waals surface area contributed by atoms with Gasteiger partial charge in [0.25, 0.3) is 11.9 Å². The number of hydrogen-bond donors (Lipinski definition) is 3. The van der Waals surface area contributed by atoms with Crippen LogP contribution in [0.1, 0.15) is 23.0 Å². The Hall–Kier alpha value is -2.02. The Kier molecular flexibility index (Phi) is 3.75. The highest BCUT2D eigenvalue weighted by Crippen LogP contribution is 2.25. The van der Waals surface area contributed by atoms with Crippen LogP contribution in [0.4, 0.5) is 11.9 Å². The van der Waals surface area contributed by atoms with E-state index in [0.29, 0.717) is 16.6 Å². The second-order valence-corrected chi connectivity index (χ2v) is 4.71. The Balaban J connectivity index is 2.27. The molecule has 0 aliphatic rings. The topological polar surface area (TPSA) is 101 Å². The number of aryl methyl sites for hydroxylation is 1. The van der Waals surface area contributed by atoms with Crippen molar-refractivity contribution in [2.45, 2.75) is 13.3 Å². The minimum absolute atomic E-state index is 0.00869. The molecule has 2 rings (SSSR count). The van der Waals surface area contributed by atoms with Gasteiger partial charge in [0.15, 0.2) is 0 Å². The predicted molar refractivity (Wildman–Crippen MR) is 74.1 cm³/mol. The number of nitrogens with zero attached hydrogens (tertiary/aromatic N) is 1. The van der Waals surface area contributed by atoms with Crippen LogP contribution < -0.4 is 11.1 Å².